The van der Waals surface area contributed by atoms with Gasteiger partial charge in [-0.25, -0.2) is 4.98 Å². The summed E-state index contributed by atoms with van der Waals surface area (Å²) in [6, 6.07) is 7.53. The monoisotopic (exact) mass is 355 g/mol. The number of rotatable bonds is 4. The third-order valence-corrected chi connectivity index (χ3v) is 5.54. The normalized spacial score (nSPS) is 20.9. The predicted octanol–water partition coefficient (Wildman–Crippen LogP) is 3.51. The number of amides is 1. The van der Waals surface area contributed by atoms with E-state index >= 15 is 0 Å². The second kappa shape index (κ2) is 7.60. The summed E-state index contributed by atoms with van der Waals surface area (Å²) in [4.78, 5) is 29.3. The minimum absolute atomic E-state index is 0.0196. The zero-order valence-electron chi connectivity index (χ0n) is 16.0. The molecule has 3 rings (SSSR count). The molecule has 1 aliphatic rings. The predicted molar refractivity (Wildman–Crippen MR) is 104 cm³/mol. The van der Waals surface area contributed by atoms with Crippen molar-refractivity contribution in [3.63, 3.8) is 0 Å². The van der Waals surface area contributed by atoms with E-state index in [1.807, 2.05) is 18.2 Å². The quantitative estimate of drug-likeness (QED) is 0.913. The van der Waals surface area contributed by atoms with Crippen molar-refractivity contribution in [3.8, 4) is 0 Å². The lowest BCUT2D eigenvalue weighted by Crippen LogP contribution is -2.46. The standard InChI is InChI=1S/C21H29N3O2/c1-21(2,3)16-9-5-7-11-18(16)23-19(25)12-13-24-14-22-17-10-6-4-8-15(17)20(24)26/h4,6,8,10,14,16,18H,5,7,9,11-13H2,1-3H3,(H,23,25). The molecular formula is C21H29N3O2. The maximum Gasteiger partial charge on any atom is 0.261 e. The first kappa shape index (κ1) is 18.6. The van der Waals surface area contributed by atoms with Crippen LogP contribution in [0.5, 0.6) is 0 Å². The summed E-state index contributed by atoms with van der Waals surface area (Å²) in [5.74, 6) is 0.525. The number of aromatic nitrogens is 2. The van der Waals surface area contributed by atoms with Crippen molar-refractivity contribution < 1.29 is 4.79 Å². The topological polar surface area (TPSA) is 64.0 Å². The van der Waals surface area contributed by atoms with Gasteiger partial charge in [0.25, 0.3) is 5.56 Å². The van der Waals surface area contributed by atoms with E-state index in [0.29, 0.717) is 29.8 Å². The molecule has 1 aromatic carbocycles. The number of carbonyl (C=O) groups excluding carboxylic acids is 1. The molecule has 2 unspecified atom stereocenters. The van der Waals surface area contributed by atoms with Crippen LogP contribution in [0, 0.1) is 11.3 Å². The molecule has 2 aromatic rings. The van der Waals surface area contributed by atoms with Crippen LogP contribution in [-0.2, 0) is 11.3 Å². The van der Waals surface area contributed by atoms with Crippen molar-refractivity contribution >= 4 is 16.8 Å². The van der Waals surface area contributed by atoms with Crippen LogP contribution >= 0.6 is 0 Å². The third-order valence-electron chi connectivity index (χ3n) is 5.54. The lowest BCUT2D eigenvalue weighted by Gasteiger charge is -2.40. The summed E-state index contributed by atoms with van der Waals surface area (Å²) in [6.45, 7) is 7.11. The summed E-state index contributed by atoms with van der Waals surface area (Å²) in [5.41, 5.74) is 0.791. The smallest absolute Gasteiger partial charge is 0.261 e. The lowest BCUT2D eigenvalue weighted by atomic mass is 9.69. The van der Waals surface area contributed by atoms with E-state index in [9.17, 15) is 9.59 Å². The molecule has 0 radical (unpaired) electrons. The van der Waals surface area contributed by atoms with Crippen molar-refractivity contribution in [1.29, 1.82) is 0 Å². The highest BCUT2D eigenvalue weighted by molar-refractivity contribution is 5.77. The molecule has 0 spiro atoms. The molecule has 1 fully saturated rings. The molecule has 5 heteroatoms. The molecule has 1 aliphatic carbocycles. The molecule has 140 valence electrons. The Morgan fingerprint density at radius 1 is 1.23 bits per heavy atom. The zero-order chi connectivity index (χ0) is 18.7. The summed E-state index contributed by atoms with van der Waals surface area (Å²) in [7, 11) is 0. The van der Waals surface area contributed by atoms with E-state index in [2.05, 4.69) is 31.1 Å². The molecule has 0 aliphatic heterocycles. The lowest BCUT2D eigenvalue weighted by molar-refractivity contribution is -0.123. The van der Waals surface area contributed by atoms with Gasteiger partial charge in [0.2, 0.25) is 5.91 Å². The minimum Gasteiger partial charge on any atom is -0.353 e. The summed E-state index contributed by atoms with van der Waals surface area (Å²) in [6.07, 6.45) is 6.47. The van der Waals surface area contributed by atoms with Gasteiger partial charge in [-0.2, -0.15) is 0 Å². The first-order chi connectivity index (χ1) is 12.4. The molecule has 0 saturated heterocycles. The van der Waals surface area contributed by atoms with E-state index in [1.54, 1.807) is 6.07 Å². The second-order valence-corrected chi connectivity index (χ2v) is 8.44. The van der Waals surface area contributed by atoms with Gasteiger partial charge >= 0.3 is 0 Å². The maximum atomic E-state index is 12.5. The van der Waals surface area contributed by atoms with Gasteiger partial charge in [0, 0.05) is 19.0 Å². The summed E-state index contributed by atoms with van der Waals surface area (Å²) in [5, 5.41) is 3.82. The highest BCUT2D eigenvalue weighted by Gasteiger charge is 2.34. The number of fused-ring (bicyclic) bond motifs is 1. The summed E-state index contributed by atoms with van der Waals surface area (Å²) < 4.78 is 1.53. The summed E-state index contributed by atoms with van der Waals surface area (Å²) >= 11 is 0. The number of nitrogens with one attached hydrogen (secondary N) is 1. The van der Waals surface area contributed by atoms with Gasteiger partial charge in [0.15, 0.2) is 0 Å². The maximum absolute atomic E-state index is 12.5. The molecule has 1 saturated carbocycles. The van der Waals surface area contributed by atoms with Crippen molar-refractivity contribution in [1.82, 2.24) is 14.9 Å². The van der Waals surface area contributed by atoms with Gasteiger partial charge in [-0.1, -0.05) is 45.7 Å². The molecule has 26 heavy (non-hydrogen) atoms. The average molecular weight is 355 g/mol. The van der Waals surface area contributed by atoms with Gasteiger partial charge in [-0.3, -0.25) is 14.2 Å². The van der Waals surface area contributed by atoms with E-state index < -0.39 is 0 Å². The Hall–Kier alpha value is -2.17. The Bertz CT molecular complexity index is 835. The van der Waals surface area contributed by atoms with Gasteiger partial charge in [0.1, 0.15) is 0 Å². The third kappa shape index (κ3) is 4.14. The Kier molecular flexibility index (Phi) is 5.44. The largest absolute Gasteiger partial charge is 0.353 e. The Labute approximate surface area is 154 Å². The number of aryl methyl sites for hydroxylation is 1. The van der Waals surface area contributed by atoms with Gasteiger partial charge in [-0.05, 0) is 36.3 Å². The molecule has 2 atom stereocenters. The molecular weight excluding hydrogens is 326 g/mol. The van der Waals surface area contributed by atoms with Crippen LogP contribution in [0.3, 0.4) is 0 Å². The zero-order valence-corrected chi connectivity index (χ0v) is 16.0. The van der Waals surface area contributed by atoms with Crippen molar-refractivity contribution in [3.05, 3.63) is 40.9 Å². The fourth-order valence-corrected chi connectivity index (χ4v) is 4.11. The number of nitrogens with zero attached hydrogens (tertiary/aromatic N) is 2. The van der Waals surface area contributed by atoms with Crippen LogP contribution in [-0.4, -0.2) is 21.5 Å². The van der Waals surface area contributed by atoms with E-state index in [4.69, 9.17) is 0 Å². The van der Waals surface area contributed by atoms with Crippen LogP contribution in [0.4, 0.5) is 0 Å². The van der Waals surface area contributed by atoms with Crippen molar-refractivity contribution in [2.24, 2.45) is 11.3 Å². The SMILES string of the molecule is CC(C)(C)C1CCCCC1NC(=O)CCn1cnc2ccccc2c1=O. The molecule has 5 nitrogen and oxygen atoms in total. The Morgan fingerprint density at radius 2 is 1.96 bits per heavy atom. The first-order valence-corrected chi connectivity index (χ1v) is 9.60. The minimum atomic E-state index is -0.0892. The molecule has 1 amide bonds. The van der Waals surface area contributed by atoms with Crippen molar-refractivity contribution in [2.45, 2.75) is 65.5 Å². The van der Waals surface area contributed by atoms with E-state index in [1.165, 1.54) is 30.2 Å². The first-order valence-electron chi connectivity index (χ1n) is 9.60. The van der Waals surface area contributed by atoms with Gasteiger partial charge in [0.05, 0.1) is 17.2 Å². The fraction of sp³-hybridized carbons (Fsp3) is 0.571. The molecule has 1 heterocycles. The van der Waals surface area contributed by atoms with E-state index in [0.717, 1.165) is 6.42 Å². The Balaban J connectivity index is 1.64. The van der Waals surface area contributed by atoms with E-state index in [-0.39, 0.29) is 22.9 Å². The number of benzene rings is 1. The van der Waals surface area contributed by atoms with Crippen LogP contribution in [0.15, 0.2) is 35.4 Å². The van der Waals surface area contributed by atoms with Crippen LogP contribution < -0.4 is 10.9 Å². The molecule has 1 N–H and O–H groups in total. The van der Waals surface area contributed by atoms with Gasteiger partial charge < -0.3 is 5.32 Å². The van der Waals surface area contributed by atoms with Crippen molar-refractivity contribution in [2.75, 3.05) is 0 Å². The average Bonchev–Trinajstić information content (AvgIpc) is 2.61. The second-order valence-electron chi connectivity index (χ2n) is 8.44. The highest BCUT2D eigenvalue weighted by atomic mass is 16.2. The number of para-hydroxylation sites is 1. The highest BCUT2D eigenvalue weighted by Crippen LogP contribution is 2.37. The number of hydrogen-bond acceptors (Lipinski definition) is 3. The van der Waals surface area contributed by atoms with Crippen LogP contribution in [0.1, 0.15) is 52.9 Å². The Morgan fingerprint density at radius 3 is 2.73 bits per heavy atom. The fourth-order valence-electron chi connectivity index (χ4n) is 4.11. The van der Waals surface area contributed by atoms with Gasteiger partial charge in [-0.15, -0.1) is 0 Å². The molecule has 1 aromatic heterocycles. The number of carbonyl (C=O) groups is 1. The molecule has 0 bridgehead atoms. The van der Waals surface area contributed by atoms with Crippen LogP contribution in [0.25, 0.3) is 10.9 Å². The van der Waals surface area contributed by atoms with Crippen LogP contribution in [0.2, 0.25) is 0 Å². The number of hydrogen-bond donors (Lipinski definition) is 1.